The molecule has 0 aliphatic rings. The number of hydrogen-bond donors (Lipinski definition) is 1. The molecule has 84 valence electrons. The van der Waals surface area contributed by atoms with Crippen molar-refractivity contribution in [1.82, 2.24) is 0 Å². The molecule has 1 heteroatoms. The lowest BCUT2D eigenvalue weighted by atomic mass is 9.96. The quantitative estimate of drug-likeness (QED) is 0.756. The molecular weight excluding hydrogens is 184 g/mol. The van der Waals surface area contributed by atoms with Crippen molar-refractivity contribution in [3.8, 4) is 0 Å². The first kappa shape index (κ1) is 12.3. The first-order valence-electron chi connectivity index (χ1n) is 5.96. The molecule has 0 fully saturated rings. The summed E-state index contributed by atoms with van der Waals surface area (Å²) in [6, 6.07) is 10.5. The van der Waals surface area contributed by atoms with E-state index in [1.54, 1.807) is 0 Å². The second-order valence-corrected chi connectivity index (χ2v) is 4.33. The van der Waals surface area contributed by atoms with Crippen LogP contribution in [0, 0.1) is 5.92 Å². The van der Waals surface area contributed by atoms with Gasteiger partial charge in [0.25, 0.3) is 0 Å². The Morgan fingerprint density at radius 3 is 2.47 bits per heavy atom. The number of aryl methyl sites for hydroxylation is 1. The molecule has 1 unspecified atom stereocenters. The van der Waals surface area contributed by atoms with Crippen LogP contribution in [0.4, 0.5) is 0 Å². The van der Waals surface area contributed by atoms with Crippen molar-refractivity contribution in [3.05, 3.63) is 35.9 Å². The molecule has 0 heterocycles. The molecule has 2 atom stereocenters. The molecule has 0 bridgehead atoms. The van der Waals surface area contributed by atoms with Gasteiger partial charge in [-0.2, -0.15) is 0 Å². The molecule has 0 saturated heterocycles. The van der Waals surface area contributed by atoms with E-state index in [9.17, 15) is 5.11 Å². The van der Waals surface area contributed by atoms with Crippen LogP contribution < -0.4 is 0 Å². The minimum absolute atomic E-state index is 0.126. The fourth-order valence-corrected chi connectivity index (χ4v) is 1.72. The monoisotopic (exact) mass is 206 g/mol. The summed E-state index contributed by atoms with van der Waals surface area (Å²) in [5.41, 5.74) is 1.37. The van der Waals surface area contributed by atoms with Crippen LogP contribution in [-0.2, 0) is 6.42 Å². The van der Waals surface area contributed by atoms with Crippen molar-refractivity contribution in [3.63, 3.8) is 0 Å². The zero-order valence-electron chi connectivity index (χ0n) is 9.82. The highest BCUT2D eigenvalue weighted by Crippen LogP contribution is 2.14. The van der Waals surface area contributed by atoms with Crippen molar-refractivity contribution in [2.24, 2.45) is 5.92 Å². The van der Waals surface area contributed by atoms with Crippen LogP contribution in [-0.4, -0.2) is 11.2 Å². The van der Waals surface area contributed by atoms with Crippen molar-refractivity contribution in [2.75, 3.05) is 0 Å². The molecule has 1 N–H and O–H groups in total. The molecule has 1 aromatic rings. The van der Waals surface area contributed by atoms with E-state index in [-0.39, 0.29) is 6.10 Å². The van der Waals surface area contributed by atoms with Crippen molar-refractivity contribution >= 4 is 0 Å². The maximum absolute atomic E-state index is 9.80. The Morgan fingerprint density at radius 1 is 1.20 bits per heavy atom. The van der Waals surface area contributed by atoms with E-state index in [0.717, 1.165) is 25.7 Å². The third-order valence-electron chi connectivity index (χ3n) is 3.11. The minimum atomic E-state index is -0.126. The predicted octanol–water partition coefficient (Wildman–Crippen LogP) is 3.42. The summed E-state index contributed by atoms with van der Waals surface area (Å²) in [5.74, 6) is 0.431. The lowest BCUT2D eigenvalue weighted by Gasteiger charge is -2.16. The van der Waals surface area contributed by atoms with E-state index < -0.39 is 0 Å². The Kier molecular flexibility index (Phi) is 5.41. The van der Waals surface area contributed by atoms with Crippen molar-refractivity contribution in [2.45, 2.75) is 45.6 Å². The molecule has 1 nitrogen and oxygen atoms in total. The van der Waals surface area contributed by atoms with Gasteiger partial charge in [-0.05, 0) is 30.7 Å². The highest BCUT2D eigenvalue weighted by Gasteiger charge is 2.11. The number of aliphatic hydroxyl groups is 1. The van der Waals surface area contributed by atoms with Gasteiger partial charge >= 0.3 is 0 Å². The summed E-state index contributed by atoms with van der Waals surface area (Å²) >= 11 is 0. The lowest BCUT2D eigenvalue weighted by Crippen LogP contribution is -2.16. The van der Waals surface area contributed by atoms with Gasteiger partial charge in [-0.25, -0.2) is 0 Å². The Morgan fingerprint density at radius 2 is 1.87 bits per heavy atom. The van der Waals surface area contributed by atoms with E-state index >= 15 is 0 Å². The predicted molar refractivity (Wildman–Crippen MR) is 64.8 cm³/mol. The summed E-state index contributed by atoms with van der Waals surface area (Å²) in [7, 11) is 0. The number of benzene rings is 1. The van der Waals surface area contributed by atoms with Crippen LogP contribution >= 0.6 is 0 Å². The van der Waals surface area contributed by atoms with Crippen LogP contribution in [0.25, 0.3) is 0 Å². The lowest BCUT2D eigenvalue weighted by molar-refractivity contribution is 0.103. The fourth-order valence-electron chi connectivity index (χ4n) is 1.72. The smallest absolute Gasteiger partial charge is 0.0565 e. The first-order valence-corrected chi connectivity index (χ1v) is 5.96. The molecule has 1 rings (SSSR count). The molecule has 0 amide bonds. The SMILES string of the molecule is CC[C@H](C)C(O)CCCc1ccccc1. The molecule has 0 spiro atoms. The number of aliphatic hydroxyl groups excluding tert-OH is 1. The molecule has 15 heavy (non-hydrogen) atoms. The Labute approximate surface area is 93.1 Å². The van der Waals surface area contributed by atoms with Crippen molar-refractivity contribution in [1.29, 1.82) is 0 Å². The zero-order valence-corrected chi connectivity index (χ0v) is 9.82. The van der Waals surface area contributed by atoms with E-state index in [1.807, 2.05) is 6.07 Å². The summed E-state index contributed by atoms with van der Waals surface area (Å²) in [5, 5.41) is 9.80. The van der Waals surface area contributed by atoms with E-state index in [4.69, 9.17) is 0 Å². The molecular formula is C14H22O. The second kappa shape index (κ2) is 6.62. The summed E-state index contributed by atoms with van der Waals surface area (Å²) in [6.45, 7) is 4.25. The number of rotatable bonds is 6. The Bertz CT molecular complexity index is 255. The normalized spacial score (nSPS) is 14.9. The average Bonchev–Trinajstić information content (AvgIpc) is 2.29. The largest absolute Gasteiger partial charge is 0.393 e. The summed E-state index contributed by atoms with van der Waals surface area (Å²) in [6.07, 6.45) is 4.01. The number of hydrogen-bond acceptors (Lipinski definition) is 1. The molecule has 1 aromatic carbocycles. The fraction of sp³-hybridized carbons (Fsp3) is 0.571. The van der Waals surface area contributed by atoms with Gasteiger partial charge in [-0.1, -0.05) is 50.6 Å². The van der Waals surface area contributed by atoms with E-state index in [1.165, 1.54) is 5.56 Å². The third kappa shape index (κ3) is 4.48. The van der Waals surface area contributed by atoms with Crippen LogP contribution in [0.15, 0.2) is 30.3 Å². The maximum atomic E-state index is 9.80. The standard InChI is InChI=1S/C14H22O/c1-3-12(2)14(15)11-7-10-13-8-5-4-6-9-13/h4-6,8-9,12,14-15H,3,7,10-11H2,1-2H3/t12-,14?/m0/s1. The van der Waals surface area contributed by atoms with Gasteiger partial charge in [-0.3, -0.25) is 0 Å². The maximum Gasteiger partial charge on any atom is 0.0565 e. The van der Waals surface area contributed by atoms with Gasteiger partial charge in [0.15, 0.2) is 0 Å². The topological polar surface area (TPSA) is 20.2 Å². The van der Waals surface area contributed by atoms with Gasteiger partial charge in [0.2, 0.25) is 0 Å². The highest BCUT2D eigenvalue weighted by atomic mass is 16.3. The summed E-state index contributed by atoms with van der Waals surface area (Å²) < 4.78 is 0. The van der Waals surface area contributed by atoms with Crippen LogP contribution in [0.3, 0.4) is 0 Å². The summed E-state index contributed by atoms with van der Waals surface area (Å²) in [4.78, 5) is 0. The highest BCUT2D eigenvalue weighted by molar-refractivity contribution is 5.14. The molecule has 0 aliphatic heterocycles. The van der Waals surface area contributed by atoms with E-state index in [2.05, 4.69) is 38.1 Å². The second-order valence-electron chi connectivity index (χ2n) is 4.33. The molecule has 0 radical (unpaired) electrons. The van der Waals surface area contributed by atoms with Crippen LogP contribution in [0.1, 0.15) is 38.7 Å². The average molecular weight is 206 g/mol. The Balaban J connectivity index is 2.22. The van der Waals surface area contributed by atoms with Gasteiger partial charge in [-0.15, -0.1) is 0 Å². The van der Waals surface area contributed by atoms with E-state index in [0.29, 0.717) is 5.92 Å². The van der Waals surface area contributed by atoms with Gasteiger partial charge in [0, 0.05) is 0 Å². The first-order chi connectivity index (χ1) is 7.24. The van der Waals surface area contributed by atoms with Gasteiger partial charge in [0.05, 0.1) is 6.10 Å². The zero-order chi connectivity index (χ0) is 11.1. The minimum Gasteiger partial charge on any atom is -0.393 e. The third-order valence-corrected chi connectivity index (χ3v) is 3.11. The molecule has 0 aliphatic carbocycles. The van der Waals surface area contributed by atoms with Crippen LogP contribution in [0.5, 0.6) is 0 Å². The van der Waals surface area contributed by atoms with Crippen LogP contribution in [0.2, 0.25) is 0 Å². The molecule has 0 saturated carbocycles. The van der Waals surface area contributed by atoms with Gasteiger partial charge < -0.3 is 5.11 Å². The Hall–Kier alpha value is -0.820. The van der Waals surface area contributed by atoms with Crippen molar-refractivity contribution < 1.29 is 5.11 Å². The van der Waals surface area contributed by atoms with Gasteiger partial charge in [0.1, 0.15) is 0 Å². The molecule has 0 aromatic heterocycles.